The quantitative estimate of drug-likeness (QED) is 0.726. The van der Waals surface area contributed by atoms with Crippen LogP contribution in [0.15, 0.2) is 17.5 Å². The Morgan fingerprint density at radius 3 is 2.53 bits per heavy atom. The molecule has 1 N–H and O–H groups in total. The molecule has 0 saturated carbocycles. The third-order valence-corrected chi connectivity index (χ3v) is 3.93. The van der Waals surface area contributed by atoms with Gasteiger partial charge in [-0.1, -0.05) is 33.8 Å². The Hall–Kier alpha value is -0.340. The summed E-state index contributed by atoms with van der Waals surface area (Å²) in [4.78, 5) is 1.53. The van der Waals surface area contributed by atoms with E-state index in [1.54, 1.807) is 0 Å². The molecule has 1 atom stereocenters. The van der Waals surface area contributed by atoms with Crippen LogP contribution < -0.4 is 5.32 Å². The molecular formula is C15H27NS. The van der Waals surface area contributed by atoms with Gasteiger partial charge in [0.15, 0.2) is 0 Å². The lowest BCUT2D eigenvalue weighted by Gasteiger charge is -2.20. The average Bonchev–Trinajstić information content (AvgIpc) is 2.74. The van der Waals surface area contributed by atoms with Gasteiger partial charge >= 0.3 is 0 Å². The molecule has 1 rings (SSSR count). The first kappa shape index (κ1) is 14.7. The molecule has 1 nitrogen and oxygen atoms in total. The number of hydrogen-bond acceptors (Lipinski definition) is 2. The maximum atomic E-state index is 3.58. The molecule has 0 saturated heterocycles. The van der Waals surface area contributed by atoms with Crippen molar-refractivity contribution in [1.29, 1.82) is 0 Å². The number of rotatable bonds is 8. The molecule has 0 bridgehead atoms. The van der Waals surface area contributed by atoms with Crippen molar-refractivity contribution in [2.75, 3.05) is 6.54 Å². The lowest BCUT2D eigenvalue weighted by molar-refractivity contribution is 0.356. The van der Waals surface area contributed by atoms with Crippen LogP contribution in [0.5, 0.6) is 0 Å². The fourth-order valence-electron chi connectivity index (χ4n) is 2.17. The monoisotopic (exact) mass is 253 g/mol. The van der Waals surface area contributed by atoms with E-state index >= 15 is 0 Å². The van der Waals surface area contributed by atoms with E-state index in [1.165, 1.54) is 30.7 Å². The Bertz CT molecular complexity index is 277. The largest absolute Gasteiger partial charge is 0.314 e. The van der Waals surface area contributed by atoms with E-state index in [-0.39, 0.29) is 0 Å². The SMILES string of the molecule is CC(C)CC(CCc1cccs1)CNC(C)C. The summed E-state index contributed by atoms with van der Waals surface area (Å²) in [7, 11) is 0. The second kappa shape index (κ2) is 7.88. The smallest absolute Gasteiger partial charge is 0.00453 e. The maximum Gasteiger partial charge on any atom is 0.00453 e. The van der Waals surface area contributed by atoms with Gasteiger partial charge in [-0.25, -0.2) is 0 Å². The minimum atomic E-state index is 0.603. The number of thiophene rings is 1. The number of nitrogens with one attached hydrogen (secondary N) is 1. The minimum absolute atomic E-state index is 0.603. The molecule has 98 valence electrons. The van der Waals surface area contributed by atoms with Crippen molar-refractivity contribution in [3.8, 4) is 0 Å². The highest BCUT2D eigenvalue weighted by Gasteiger charge is 2.11. The molecule has 1 unspecified atom stereocenters. The first-order valence-electron chi connectivity index (χ1n) is 6.83. The number of aryl methyl sites for hydroxylation is 1. The van der Waals surface area contributed by atoms with Gasteiger partial charge in [-0.15, -0.1) is 11.3 Å². The molecule has 1 heterocycles. The first-order chi connectivity index (χ1) is 8.08. The molecule has 0 spiro atoms. The summed E-state index contributed by atoms with van der Waals surface area (Å²) in [5.41, 5.74) is 0. The van der Waals surface area contributed by atoms with Gasteiger partial charge in [-0.3, -0.25) is 0 Å². The standard InChI is InChI=1S/C15H27NS/c1-12(2)10-14(11-16-13(3)4)7-8-15-6-5-9-17-15/h5-6,9,12-14,16H,7-8,10-11H2,1-4H3. The summed E-state index contributed by atoms with van der Waals surface area (Å²) >= 11 is 1.89. The van der Waals surface area contributed by atoms with Crippen LogP contribution in [0.2, 0.25) is 0 Å². The van der Waals surface area contributed by atoms with Crippen LogP contribution in [0.4, 0.5) is 0 Å². The summed E-state index contributed by atoms with van der Waals surface area (Å²) in [6.45, 7) is 10.3. The van der Waals surface area contributed by atoms with E-state index in [2.05, 4.69) is 50.5 Å². The topological polar surface area (TPSA) is 12.0 Å². The Balaban J connectivity index is 2.34. The van der Waals surface area contributed by atoms with Gasteiger partial charge in [-0.2, -0.15) is 0 Å². The van der Waals surface area contributed by atoms with Crippen molar-refractivity contribution >= 4 is 11.3 Å². The second-order valence-electron chi connectivity index (χ2n) is 5.68. The predicted molar refractivity (Wildman–Crippen MR) is 78.7 cm³/mol. The molecule has 0 aliphatic rings. The predicted octanol–water partition coefficient (Wildman–Crippen LogP) is 4.34. The van der Waals surface area contributed by atoms with Crippen molar-refractivity contribution in [2.24, 2.45) is 11.8 Å². The number of hydrogen-bond donors (Lipinski definition) is 1. The zero-order valence-corrected chi connectivity index (χ0v) is 12.5. The van der Waals surface area contributed by atoms with E-state index in [9.17, 15) is 0 Å². The van der Waals surface area contributed by atoms with Gasteiger partial charge in [-0.05, 0) is 49.1 Å². The molecule has 0 radical (unpaired) electrons. The first-order valence-corrected chi connectivity index (χ1v) is 7.71. The molecule has 1 aromatic rings. The fourth-order valence-corrected chi connectivity index (χ4v) is 2.90. The van der Waals surface area contributed by atoms with E-state index < -0.39 is 0 Å². The Morgan fingerprint density at radius 1 is 1.24 bits per heavy atom. The zero-order chi connectivity index (χ0) is 12.7. The third-order valence-electron chi connectivity index (χ3n) is 3.00. The van der Waals surface area contributed by atoms with Gasteiger partial charge in [0.25, 0.3) is 0 Å². The highest BCUT2D eigenvalue weighted by atomic mass is 32.1. The molecule has 0 aromatic carbocycles. The van der Waals surface area contributed by atoms with E-state index in [4.69, 9.17) is 0 Å². The van der Waals surface area contributed by atoms with E-state index in [0.29, 0.717) is 6.04 Å². The summed E-state index contributed by atoms with van der Waals surface area (Å²) in [6.07, 6.45) is 3.90. The van der Waals surface area contributed by atoms with Gasteiger partial charge in [0, 0.05) is 10.9 Å². The Labute approximate surface area is 111 Å². The third kappa shape index (κ3) is 6.85. The van der Waals surface area contributed by atoms with E-state index in [1.807, 2.05) is 11.3 Å². The highest BCUT2D eigenvalue weighted by Crippen LogP contribution is 2.19. The molecule has 0 aliphatic heterocycles. The van der Waals surface area contributed by atoms with Crippen LogP contribution in [-0.4, -0.2) is 12.6 Å². The zero-order valence-electron chi connectivity index (χ0n) is 11.7. The summed E-state index contributed by atoms with van der Waals surface area (Å²) in [6, 6.07) is 5.02. The van der Waals surface area contributed by atoms with Crippen LogP contribution in [0, 0.1) is 11.8 Å². The van der Waals surface area contributed by atoms with Gasteiger partial charge in [0.05, 0.1) is 0 Å². The van der Waals surface area contributed by atoms with Crippen molar-refractivity contribution in [2.45, 2.75) is 53.0 Å². The van der Waals surface area contributed by atoms with Crippen molar-refractivity contribution in [3.05, 3.63) is 22.4 Å². The highest BCUT2D eigenvalue weighted by molar-refractivity contribution is 7.09. The molecule has 0 fully saturated rings. The molecule has 0 aliphatic carbocycles. The van der Waals surface area contributed by atoms with Crippen LogP contribution in [0.3, 0.4) is 0 Å². The molecule has 0 amide bonds. The second-order valence-corrected chi connectivity index (χ2v) is 6.71. The van der Waals surface area contributed by atoms with Crippen LogP contribution >= 0.6 is 11.3 Å². The lowest BCUT2D eigenvalue weighted by Crippen LogP contribution is -2.29. The summed E-state index contributed by atoms with van der Waals surface area (Å²) in [5, 5.41) is 5.76. The molecule has 1 aromatic heterocycles. The normalized spacial score (nSPS) is 13.5. The average molecular weight is 253 g/mol. The maximum absolute atomic E-state index is 3.58. The van der Waals surface area contributed by atoms with Crippen molar-refractivity contribution < 1.29 is 0 Å². The summed E-state index contributed by atoms with van der Waals surface area (Å²) in [5.74, 6) is 1.62. The minimum Gasteiger partial charge on any atom is -0.314 e. The lowest BCUT2D eigenvalue weighted by atomic mass is 9.92. The van der Waals surface area contributed by atoms with E-state index in [0.717, 1.165) is 11.8 Å². The van der Waals surface area contributed by atoms with Gasteiger partial charge in [0.2, 0.25) is 0 Å². The Kier molecular flexibility index (Phi) is 6.83. The molecular weight excluding hydrogens is 226 g/mol. The Morgan fingerprint density at radius 2 is 2.00 bits per heavy atom. The van der Waals surface area contributed by atoms with Crippen LogP contribution in [-0.2, 0) is 6.42 Å². The van der Waals surface area contributed by atoms with Crippen molar-refractivity contribution in [3.63, 3.8) is 0 Å². The van der Waals surface area contributed by atoms with Crippen LogP contribution in [0.25, 0.3) is 0 Å². The van der Waals surface area contributed by atoms with Gasteiger partial charge < -0.3 is 5.32 Å². The summed E-state index contributed by atoms with van der Waals surface area (Å²) < 4.78 is 0. The molecule has 17 heavy (non-hydrogen) atoms. The fraction of sp³-hybridized carbons (Fsp3) is 0.733. The van der Waals surface area contributed by atoms with Crippen molar-refractivity contribution in [1.82, 2.24) is 5.32 Å². The molecule has 2 heteroatoms. The van der Waals surface area contributed by atoms with Gasteiger partial charge in [0.1, 0.15) is 0 Å². The van der Waals surface area contributed by atoms with Crippen LogP contribution in [0.1, 0.15) is 45.4 Å².